The molecular formula is C15H13NO2. The number of nitrogens with zero attached hydrogens (tertiary/aromatic N) is 1. The minimum atomic E-state index is -1.01. The number of hydrogen-bond donors (Lipinski definition) is 1. The quantitative estimate of drug-likeness (QED) is 0.768. The van der Waals surface area contributed by atoms with Crippen LogP contribution in [0.3, 0.4) is 0 Å². The molecule has 0 saturated carbocycles. The molecule has 90 valence electrons. The topological polar surface area (TPSA) is 53.2 Å². The van der Waals surface area contributed by atoms with Gasteiger partial charge in [0.25, 0.3) is 0 Å². The summed E-state index contributed by atoms with van der Waals surface area (Å²) in [6.45, 7) is 3.95. The van der Waals surface area contributed by atoms with Crippen molar-refractivity contribution in [3.8, 4) is 11.8 Å². The van der Waals surface area contributed by atoms with Gasteiger partial charge in [-0.05, 0) is 31.0 Å². The lowest BCUT2D eigenvalue weighted by atomic mass is 9.86. The molecule has 3 rings (SSSR count). The molecule has 0 aliphatic carbocycles. The first kappa shape index (κ1) is 11.1. The van der Waals surface area contributed by atoms with Crippen molar-refractivity contribution in [2.75, 3.05) is 6.61 Å². The van der Waals surface area contributed by atoms with Gasteiger partial charge >= 0.3 is 0 Å². The molecule has 1 aliphatic heterocycles. The SMILES string of the molecule is Cc1ccc2c(C#N)ccc3c2c1OCC3(C)O. The van der Waals surface area contributed by atoms with Crippen LogP contribution in [0.2, 0.25) is 0 Å². The summed E-state index contributed by atoms with van der Waals surface area (Å²) in [5.74, 6) is 0.783. The Balaban J connectivity index is 2.52. The summed E-state index contributed by atoms with van der Waals surface area (Å²) in [7, 11) is 0. The number of benzene rings is 2. The lowest BCUT2D eigenvalue weighted by Gasteiger charge is -2.32. The van der Waals surface area contributed by atoms with E-state index in [0.717, 1.165) is 27.6 Å². The van der Waals surface area contributed by atoms with Crippen LogP contribution in [0.25, 0.3) is 10.8 Å². The first-order valence-electron chi connectivity index (χ1n) is 5.86. The van der Waals surface area contributed by atoms with Crippen LogP contribution >= 0.6 is 0 Å². The van der Waals surface area contributed by atoms with Gasteiger partial charge in [-0.25, -0.2) is 0 Å². The minimum Gasteiger partial charge on any atom is -0.489 e. The summed E-state index contributed by atoms with van der Waals surface area (Å²) in [4.78, 5) is 0. The van der Waals surface area contributed by atoms with Crippen molar-refractivity contribution in [1.82, 2.24) is 0 Å². The smallest absolute Gasteiger partial charge is 0.130 e. The Hall–Kier alpha value is -2.05. The largest absolute Gasteiger partial charge is 0.489 e. The zero-order chi connectivity index (χ0) is 12.9. The van der Waals surface area contributed by atoms with Crippen molar-refractivity contribution in [1.29, 1.82) is 5.26 Å². The Bertz CT molecular complexity index is 696. The highest BCUT2D eigenvalue weighted by Crippen LogP contribution is 2.42. The Morgan fingerprint density at radius 1 is 1.33 bits per heavy atom. The molecule has 0 aromatic heterocycles. The summed E-state index contributed by atoms with van der Waals surface area (Å²) in [6.07, 6.45) is 0. The summed E-state index contributed by atoms with van der Waals surface area (Å²) in [5.41, 5.74) is 1.46. The van der Waals surface area contributed by atoms with Crippen molar-refractivity contribution >= 4 is 10.8 Å². The molecule has 2 aromatic carbocycles. The Kier molecular flexibility index (Phi) is 2.13. The molecule has 0 amide bonds. The molecule has 2 aromatic rings. The van der Waals surface area contributed by atoms with Gasteiger partial charge in [-0.3, -0.25) is 0 Å². The van der Waals surface area contributed by atoms with Crippen LogP contribution in [0.1, 0.15) is 23.6 Å². The fourth-order valence-electron chi connectivity index (χ4n) is 2.54. The van der Waals surface area contributed by atoms with E-state index in [9.17, 15) is 5.11 Å². The Labute approximate surface area is 105 Å². The van der Waals surface area contributed by atoms with E-state index in [2.05, 4.69) is 6.07 Å². The van der Waals surface area contributed by atoms with E-state index < -0.39 is 5.60 Å². The Morgan fingerprint density at radius 3 is 2.83 bits per heavy atom. The maximum atomic E-state index is 10.4. The molecule has 0 bridgehead atoms. The van der Waals surface area contributed by atoms with Gasteiger partial charge in [-0.2, -0.15) is 5.26 Å². The van der Waals surface area contributed by atoms with E-state index >= 15 is 0 Å². The van der Waals surface area contributed by atoms with Crippen molar-refractivity contribution in [3.05, 3.63) is 41.0 Å². The lowest BCUT2D eigenvalue weighted by molar-refractivity contribution is 0.00353. The van der Waals surface area contributed by atoms with Crippen LogP contribution in [0.4, 0.5) is 0 Å². The lowest BCUT2D eigenvalue weighted by Crippen LogP contribution is -2.33. The van der Waals surface area contributed by atoms with Crippen molar-refractivity contribution in [2.24, 2.45) is 0 Å². The zero-order valence-corrected chi connectivity index (χ0v) is 10.3. The monoisotopic (exact) mass is 239 g/mol. The predicted molar refractivity (Wildman–Crippen MR) is 68.5 cm³/mol. The first-order chi connectivity index (χ1) is 8.54. The van der Waals surface area contributed by atoms with Crippen LogP contribution in [-0.2, 0) is 5.60 Å². The zero-order valence-electron chi connectivity index (χ0n) is 10.3. The number of aryl methyl sites for hydroxylation is 1. The Morgan fingerprint density at radius 2 is 2.11 bits per heavy atom. The van der Waals surface area contributed by atoms with Crippen LogP contribution in [0, 0.1) is 18.3 Å². The molecule has 0 fully saturated rings. The fraction of sp³-hybridized carbons (Fsp3) is 0.267. The van der Waals surface area contributed by atoms with Crippen molar-refractivity contribution in [2.45, 2.75) is 19.4 Å². The van der Waals surface area contributed by atoms with E-state index in [1.807, 2.05) is 25.1 Å². The highest BCUT2D eigenvalue weighted by Gasteiger charge is 2.33. The van der Waals surface area contributed by atoms with Gasteiger partial charge in [-0.1, -0.05) is 18.2 Å². The third-order valence-electron chi connectivity index (χ3n) is 3.53. The average Bonchev–Trinajstić information content (AvgIpc) is 2.35. The molecule has 0 saturated heterocycles. The number of rotatable bonds is 0. The standard InChI is InChI=1S/C15H13NO2/c1-9-3-5-11-10(7-16)4-6-12-13(11)14(9)18-8-15(12,2)17/h3-6,17H,8H2,1-2H3. The minimum absolute atomic E-state index is 0.242. The normalized spacial score (nSPS) is 21.4. The molecule has 0 spiro atoms. The molecule has 1 aliphatic rings. The predicted octanol–water partition coefficient (Wildman–Crippen LogP) is 2.62. The number of ether oxygens (including phenoxy) is 1. The van der Waals surface area contributed by atoms with Gasteiger partial charge in [0, 0.05) is 10.8 Å². The van der Waals surface area contributed by atoms with Crippen LogP contribution in [-0.4, -0.2) is 11.7 Å². The van der Waals surface area contributed by atoms with Crippen LogP contribution in [0.15, 0.2) is 24.3 Å². The molecule has 18 heavy (non-hydrogen) atoms. The maximum Gasteiger partial charge on any atom is 0.130 e. The maximum absolute atomic E-state index is 10.4. The third-order valence-corrected chi connectivity index (χ3v) is 3.53. The number of aliphatic hydroxyl groups is 1. The fourth-order valence-corrected chi connectivity index (χ4v) is 2.54. The molecular weight excluding hydrogens is 226 g/mol. The van der Waals surface area contributed by atoms with Crippen LogP contribution in [0.5, 0.6) is 5.75 Å². The van der Waals surface area contributed by atoms with Crippen LogP contribution < -0.4 is 4.74 Å². The van der Waals surface area contributed by atoms with E-state index in [0.29, 0.717) is 5.56 Å². The second-order valence-electron chi connectivity index (χ2n) is 4.97. The molecule has 1 N–H and O–H groups in total. The first-order valence-corrected chi connectivity index (χ1v) is 5.86. The van der Waals surface area contributed by atoms with Gasteiger partial charge in [0.15, 0.2) is 0 Å². The summed E-state index contributed by atoms with van der Waals surface area (Å²) in [6, 6.07) is 9.63. The highest BCUT2D eigenvalue weighted by atomic mass is 16.5. The number of nitriles is 1. The van der Waals surface area contributed by atoms with Gasteiger partial charge in [0.2, 0.25) is 0 Å². The second-order valence-corrected chi connectivity index (χ2v) is 4.97. The third kappa shape index (κ3) is 1.33. The van der Waals surface area contributed by atoms with Gasteiger partial charge in [0.1, 0.15) is 18.0 Å². The number of hydrogen-bond acceptors (Lipinski definition) is 3. The summed E-state index contributed by atoms with van der Waals surface area (Å²) >= 11 is 0. The van der Waals surface area contributed by atoms with Crippen molar-refractivity contribution < 1.29 is 9.84 Å². The highest BCUT2D eigenvalue weighted by molar-refractivity contribution is 5.97. The van der Waals surface area contributed by atoms with Gasteiger partial charge < -0.3 is 9.84 Å². The van der Waals surface area contributed by atoms with E-state index in [4.69, 9.17) is 10.00 Å². The van der Waals surface area contributed by atoms with E-state index in [-0.39, 0.29) is 6.61 Å². The molecule has 3 nitrogen and oxygen atoms in total. The van der Waals surface area contributed by atoms with E-state index in [1.165, 1.54) is 0 Å². The average molecular weight is 239 g/mol. The molecule has 1 atom stereocenters. The summed E-state index contributed by atoms with van der Waals surface area (Å²) < 4.78 is 5.68. The van der Waals surface area contributed by atoms with Gasteiger partial charge in [-0.15, -0.1) is 0 Å². The van der Waals surface area contributed by atoms with Gasteiger partial charge in [0.05, 0.1) is 11.6 Å². The second kappa shape index (κ2) is 3.47. The van der Waals surface area contributed by atoms with E-state index in [1.54, 1.807) is 13.0 Å². The molecule has 0 radical (unpaired) electrons. The van der Waals surface area contributed by atoms with Crippen molar-refractivity contribution in [3.63, 3.8) is 0 Å². The molecule has 1 heterocycles. The summed E-state index contributed by atoms with van der Waals surface area (Å²) in [5, 5.41) is 21.2. The molecule has 3 heteroatoms. The molecule has 1 unspecified atom stereocenters.